The number of nitrogens with zero attached hydrogens (tertiary/aromatic N) is 1. The van der Waals surface area contributed by atoms with E-state index in [-0.39, 0.29) is 11.6 Å². The summed E-state index contributed by atoms with van der Waals surface area (Å²) >= 11 is 0. The second-order valence-electron chi connectivity index (χ2n) is 7.90. The van der Waals surface area contributed by atoms with E-state index in [0.717, 1.165) is 5.56 Å². The molecule has 0 aromatic heterocycles. The number of hydrogen-bond acceptors (Lipinski definition) is 5. The Morgan fingerprint density at radius 1 is 1.04 bits per heavy atom. The van der Waals surface area contributed by atoms with Crippen molar-refractivity contribution in [2.45, 2.75) is 52.1 Å². The Bertz CT molecular complexity index is 772. The number of ether oxygens (including phenoxy) is 1. The minimum absolute atomic E-state index is 0.0106. The Morgan fingerprint density at radius 3 is 2.30 bits per heavy atom. The summed E-state index contributed by atoms with van der Waals surface area (Å²) in [6, 6.07) is 15.2. The lowest BCUT2D eigenvalue weighted by molar-refractivity contribution is -0.763. The third-order valence-electron chi connectivity index (χ3n) is 4.78. The van der Waals surface area contributed by atoms with Gasteiger partial charge in [-0.1, -0.05) is 51.1 Å². The highest BCUT2D eigenvalue weighted by Crippen LogP contribution is 2.39. The molecule has 0 heterocycles. The molecule has 0 N–H and O–H groups in total. The molecule has 0 saturated carbocycles. The Labute approximate surface area is 161 Å². The first-order valence-electron chi connectivity index (χ1n) is 8.84. The highest BCUT2D eigenvalue weighted by molar-refractivity contribution is 6.74. The molecule has 0 unspecified atom stereocenters. The lowest BCUT2D eigenvalue weighted by Gasteiger charge is -2.37. The second-order valence-corrected chi connectivity index (χ2v) is 12.6. The van der Waals surface area contributed by atoms with Gasteiger partial charge in [0.15, 0.2) is 0 Å². The number of hydrogen-bond donors (Lipinski definition) is 0. The van der Waals surface area contributed by atoms with E-state index in [1.54, 1.807) is 12.1 Å². The molecule has 0 amide bonds. The fourth-order valence-corrected chi connectivity index (χ4v) is 3.20. The van der Waals surface area contributed by atoms with Crippen LogP contribution in [0.1, 0.15) is 31.9 Å². The van der Waals surface area contributed by atoms with Crippen molar-refractivity contribution >= 4 is 8.32 Å². The summed E-state index contributed by atoms with van der Waals surface area (Å²) in [5.74, 6) is 1.22. The van der Waals surface area contributed by atoms with Crippen molar-refractivity contribution in [3.05, 3.63) is 69.8 Å². The average molecular weight is 390 g/mol. The van der Waals surface area contributed by atoms with Gasteiger partial charge in [-0.25, -0.2) is 0 Å². The number of rotatable bonds is 8. The van der Waals surface area contributed by atoms with E-state index in [2.05, 4.69) is 38.7 Å². The average Bonchev–Trinajstić information content (AvgIpc) is 2.59. The smallest absolute Gasteiger partial charge is 0.294 e. The molecule has 0 radical (unpaired) electrons. The van der Waals surface area contributed by atoms with Crippen LogP contribution < -0.4 is 9.16 Å². The normalized spacial score (nSPS) is 11.7. The summed E-state index contributed by atoms with van der Waals surface area (Å²) in [5.41, 5.74) is 1.64. The molecule has 0 spiro atoms. The highest BCUT2D eigenvalue weighted by Gasteiger charge is 2.39. The molecular weight excluding hydrogens is 362 g/mol. The van der Waals surface area contributed by atoms with E-state index >= 15 is 0 Å². The Balaban J connectivity index is 2.21. The van der Waals surface area contributed by atoms with Gasteiger partial charge < -0.3 is 14.0 Å². The van der Waals surface area contributed by atoms with Gasteiger partial charge in [0.05, 0.1) is 0 Å². The zero-order valence-electron chi connectivity index (χ0n) is 16.5. The van der Waals surface area contributed by atoms with Gasteiger partial charge in [0.2, 0.25) is 8.32 Å². The van der Waals surface area contributed by atoms with Crippen LogP contribution in [0.15, 0.2) is 48.5 Å². The Kier molecular flexibility index (Phi) is 6.48. The predicted octanol–water partition coefficient (Wildman–Crippen LogP) is 5.36. The largest absolute Gasteiger partial charge is 0.543 e. The van der Waals surface area contributed by atoms with Gasteiger partial charge >= 0.3 is 0 Å². The van der Waals surface area contributed by atoms with Crippen molar-refractivity contribution in [2.75, 3.05) is 0 Å². The van der Waals surface area contributed by atoms with Crippen LogP contribution in [0, 0.1) is 10.1 Å². The highest BCUT2D eigenvalue weighted by atomic mass is 28.4. The molecule has 2 aromatic carbocycles. The van der Waals surface area contributed by atoms with Gasteiger partial charge in [-0.15, -0.1) is 10.1 Å². The van der Waals surface area contributed by atoms with Crippen LogP contribution in [-0.2, 0) is 18.1 Å². The third-order valence-corrected chi connectivity index (χ3v) is 9.12. The van der Waals surface area contributed by atoms with Gasteiger partial charge in [0.1, 0.15) is 24.7 Å². The van der Waals surface area contributed by atoms with Crippen molar-refractivity contribution in [1.29, 1.82) is 0 Å². The quantitative estimate of drug-likeness (QED) is 0.345. The molecule has 2 rings (SSSR count). The predicted molar refractivity (Wildman–Crippen MR) is 107 cm³/mol. The van der Waals surface area contributed by atoms with Crippen molar-refractivity contribution in [3.63, 3.8) is 0 Å². The first-order valence-corrected chi connectivity index (χ1v) is 11.8. The Hall–Kier alpha value is -2.54. The van der Waals surface area contributed by atoms with Crippen LogP contribution in [0.2, 0.25) is 18.1 Å². The summed E-state index contributed by atoms with van der Waals surface area (Å²) in [6.45, 7) is 10.9. The van der Waals surface area contributed by atoms with Gasteiger partial charge in [-0.3, -0.25) is 0 Å². The molecule has 0 atom stereocenters. The van der Waals surface area contributed by atoms with Crippen LogP contribution in [-0.4, -0.2) is 13.4 Å². The Morgan fingerprint density at radius 2 is 1.70 bits per heavy atom. The third kappa shape index (κ3) is 5.99. The maximum Gasteiger partial charge on any atom is 0.294 e. The second kappa shape index (κ2) is 8.43. The standard InChI is InChI=1S/C20H27NO5Si/c1-20(2,3)27(4,5)26-19-12-11-18(13-17(19)15-25-21(22)23)24-14-16-9-7-6-8-10-16/h6-13H,14-15H2,1-5H3. The summed E-state index contributed by atoms with van der Waals surface area (Å²) in [6.07, 6.45) is 0. The minimum atomic E-state index is -2.09. The van der Waals surface area contributed by atoms with Crippen LogP contribution in [0.3, 0.4) is 0 Å². The van der Waals surface area contributed by atoms with Gasteiger partial charge in [0.25, 0.3) is 5.09 Å². The minimum Gasteiger partial charge on any atom is -0.543 e. The van der Waals surface area contributed by atoms with Crippen molar-refractivity contribution in [1.82, 2.24) is 0 Å². The van der Waals surface area contributed by atoms with E-state index in [1.807, 2.05) is 36.4 Å². The topological polar surface area (TPSA) is 70.8 Å². The van der Waals surface area contributed by atoms with Crippen LogP contribution in [0.5, 0.6) is 11.5 Å². The zero-order valence-corrected chi connectivity index (χ0v) is 17.5. The molecule has 146 valence electrons. The van der Waals surface area contributed by atoms with Crippen LogP contribution in [0.25, 0.3) is 0 Å². The van der Waals surface area contributed by atoms with Gasteiger partial charge in [-0.2, -0.15) is 0 Å². The summed E-state index contributed by atoms with van der Waals surface area (Å²) in [7, 11) is -2.09. The molecule has 0 fully saturated rings. The molecule has 0 saturated heterocycles. The van der Waals surface area contributed by atoms with Crippen molar-refractivity contribution < 1.29 is 19.1 Å². The first kappa shape index (κ1) is 20.8. The number of benzene rings is 2. The van der Waals surface area contributed by atoms with E-state index in [9.17, 15) is 10.1 Å². The summed E-state index contributed by atoms with van der Waals surface area (Å²) < 4.78 is 12.2. The summed E-state index contributed by atoms with van der Waals surface area (Å²) in [5, 5.41) is 9.86. The van der Waals surface area contributed by atoms with Crippen LogP contribution >= 0.6 is 0 Å². The molecule has 0 aliphatic rings. The lowest BCUT2D eigenvalue weighted by atomic mass is 10.2. The van der Waals surface area contributed by atoms with Crippen LogP contribution in [0.4, 0.5) is 0 Å². The molecular formula is C20H27NO5Si. The lowest BCUT2D eigenvalue weighted by Crippen LogP contribution is -2.44. The molecule has 0 aliphatic carbocycles. The maximum atomic E-state index is 10.6. The van der Waals surface area contributed by atoms with Crippen molar-refractivity contribution in [3.8, 4) is 11.5 Å². The van der Waals surface area contributed by atoms with E-state index in [1.165, 1.54) is 0 Å². The van der Waals surface area contributed by atoms with Gasteiger partial charge in [-0.05, 0) is 41.9 Å². The zero-order chi connectivity index (χ0) is 20.1. The maximum absolute atomic E-state index is 10.6. The molecule has 0 bridgehead atoms. The molecule has 2 aromatic rings. The SMILES string of the molecule is CC(C)(C)[Si](C)(C)Oc1ccc(OCc2ccccc2)cc1CO[N+](=O)[O-]. The molecule has 7 heteroatoms. The molecule has 6 nitrogen and oxygen atoms in total. The van der Waals surface area contributed by atoms with E-state index < -0.39 is 13.4 Å². The molecule has 0 aliphatic heterocycles. The first-order chi connectivity index (χ1) is 12.6. The van der Waals surface area contributed by atoms with E-state index in [4.69, 9.17) is 9.16 Å². The van der Waals surface area contributed by atoms with E-state index in [0.29, 0.717) is 23.7 Å². The summed E-state index contributed by atoms with van der Waals surface area (Å²) in [4.78, 5) is 15.2. The monoisotopic (exact) mass is 389 g/mol. The van der Waals surface area contributed by atoms with Gasteiger partial charge in [0, 0.05) is 5.56 Å². The molecule has 27 heavy (non-hydrogen) atoms. The fourth-order valence-electron chi connectivity index (χ4n) is 2.15. The fraction of sp³-hybridized carbons (Fsp3) is 0.400. The van der Waals surface area contributed by atoms with Crippen molar-refractivity contribution in [2.24, 2.45) is 0 Å².